The minimum Gasteiger partial charge on any atom is -0.317 e. The molecule has 1 saturated heterocycles. The standard InChI is InChI=1S/C14H30N2/c1-12(2)14(13(3)4)11-16-9-5-7-15-8-6-10-16/h12-15H,5-11H2,1-4H3. The highest BCUT2D eigenvalue weighted by Crippen LogP contribution is 2.22. The summed E-state index contributed by atoms with van der Waals surface area (Å²) in [4.78, 5) is 2.69. The Hall–Kier alpha value is -0.0800. The maximum atomic E-state index is 3.48. The maximum Gasteiger partial charge on any atom is 0.00146 e. The summed E-state index contributed by atoms with van der Waals surface area (Å²) >= 11 is 0. The van der Waals surface area contributed by atoms with Gasteiger partial charge in [-0.2, -0.15) is 0 Å². The van der Waals surface area contributed by atoms with Gasteiger partial charge in [0, 0.05) is 6.54 Å². The van der Waals surface area contributed by atoms with E-state index in [2.05, 4.69) is 37.9 Å². The number of hydrogen-bond acceptors (Lipinski definition) is 2. The van der Waals surface area contributed by atoms with Crippen molar-refractivity contribution < 1.29 is 0 Å². The topological polar surface area (TPSA) is 15.3 Å². The molecular formula is C14H30N2. The van der Waals surface area contributed by atoms with E-state index in [4.69, 9.17) is 0 Å². The van der Waals surface area contributed by atoms with E-state index >= 15 is 0 Å². The summed E-state index contributed by atoms with van der Waals surface area (Å²) in [6, 6.07) is 0. The summed E-state index contributed by atoms with van der Waals surface area (Å²) < 4.78 is 0. The van der Waals surface area contributed by atoms with Crippen LogP contribution in [0.1, 0.15) is 40.5 Å². The van der Waals surface area contributed by atoms with E-state index in [9.17, 15) is 0 Å². The molecule has 2 nitrogen and oxygen atoms in total. The first kappa shape index (κ1) is 14.0. The lowest BCUT2D eigenvalue weighted by Crippen LogP contribution is -2.39. The van der Waals surface area contributed by atoms with E-state index in [1.54, 1.807) is 0 Å². The first-order valence-corrected chi connectivity index (χ1v) is 7.04. The minimum atomic E-state index is 0.809. The van der Waals surface area contributed by atoms with Gasteiger partial charge in [-0.05, 0) is 56.8 Å². The molecule has 1 rings (SSSR count). The third-order valence-corrected chi connectivity index (χ3v) is 3.84. The molecule has 1 fully saturated rings. The lowest BCUT2D eigenvalue weighted by atomic mass is 9.85. The summed E-state index contributed by atoms with van der Waals surface area (Å²) in [5, 5.41) is 3.48. The van der Waals surface area contributed by atoms with Gasteiger partial charge in [-0.3, -0.25) is 0 Å². The largest absolute Gasteiger partial charge is 0.317 e. The number of nitrogens with zero attached hydrogens (tertiary/aromatic N) is 1. The van der Waals surface area contributed by atoms with Crippen molar-refractivity contribution in [2.24, 2.45) is 17.8 Å². The fraction of sp³-hybridized carbons (Fsp3) is 1.00. The van der Waals surface area contributed by atoms with Gasteiger partial charge in [0.25, 0.3) is 0 Å². The molecule has 1 aliphatic rings. The first-order valence-electron chi connectivity index (χ1n) is 7.04. The van der Waals surface area contributed by atoms with E-state index < -0.39 is 0 Å². The van der Waals surface area contributed by atoms with E-state index in [0.717, 1.165) is 17.8 Å². The minimum absolute atomic E-state index is 0.809. The zero-order valence-corrected chi connectivity index (χ0v) is 11.6. The molecule has 1 aliphatic heterocycles. The van der Waals surface area contributed by atoms with Gasteiger partial charge in [0.05, 0.1) is 0 Å². The summed E-state index contributed by atoms with van der Waals surface area (Å²) in [7, 11) is 0. The SMILES string of the molecule is CC(C)C(CN1CCCNCCC1)C(C)C. The van der Waals surface area contributed by atoms with Crippen molar-refractivity contribution in [1.82, 2.24) is 10.2 Å². The molecular weight excluding hydrogens is 196 g/mol. The predicted molar refractivity (Wildman–Crippen MR) is 71.7 cm³/mol. The smallest absolute Gasteiger partial charge is 0.00146 e. The molecule has 96 valence electrons. The van der Waals surface area contributed by atoms with Crippen molar-refractivity contribution in [3.63, 3.8) is 0 Å². The molecule has 0 aliphatic carbocycles. The van der Waals surface area contributed by atoms with Crippen LogP contribution in [0, 0.1) is 17.8 Å². The van der Waals surface area contributed by atoms with Crippen molar-refractivity contribution in [1.29, 1.82) is 0 Å². The monoisotopic (exact) mass is 226 g/mol. The Morgan fingerprint density at radius 2 is 1.44 bits per heavy atom. The van der Waals surface area contributed by atoms with Crippen LogP contribution < -0.4 is 5.32 Å². The molecule has 0 amide bonds. The Balaban J connectivity index is 2.41. The van der Waals surface area contributed by atoms with Crippen LogP contribution >= 0.6 is 0 Å². The zero-order chi connectivity index (χ0) is 12.0. The molecule has 0 aromatic carbocycles. The van der Waals surface area contributed by atoms with Gasteiger partial charge in [0.2, 0.25) is 0 Å². The lowest BCUT2D eigenvalue weighted by Gasteiger charge is -2.33. The van der Waals surface area contributed by atoms with Gasteiger partial charge in [0.1, 0.15) is 0 Å². The third kappa shape index (κ3) is 4.84. The Kier molecular flexibility index (Phi) is 6.37. The summed E-state index contributed by atoms with van der Waals surface area (Å²) in [6.45, 7) is 15.7. The quantitative estimate of drug-likeness (QED) is 0.793. The fourth-order valence-corrected chi connectivity index (χ4v) is 2.76. The normalized spacial score (nSPS) is 20.4. The molecule has 2 heteroatoms. The summed E-state index contributed by atoms with van der Waals surface area (Å²) in [5.74, 6) is 2.47. The molecule has 0 saturated carbocycles. The van der Waals surface area contributed by atoms with Crippen LogP contribution in [-0.2, 0) is 0 Å². The highest BCUT2D eigenvalue weighted by molar-refractivity contribution is 4.73. The second-order valence-corrected chi connectivity index (χ2v) is 5.91. The molecule has 0 aromatic heterocycles. The van der Waals surface area contributed by atoms with Crippen molar-refractivity contribution in [2.75, 3.05) is 32.7 Å². The van der Waals surface area contributed by atoms with Gasteiger partial charge in [-0.25, -0.2) is 0 Å². The molecule has 0 aromatic rings. The summed E-state index contributed by atoms with van der Waals surface area (Å²) in [5.41, 5.74) is 0. The van der Waals surface area contributed by atoms with E-state index in [1.165, 1.54) is 45.6 Å². The van der Waals surface area contributed by atoms with E-state index in [-0.39, 0.29) is 0 Å². The van der Waals surface area contributed by atoms with Gasteiger partial charge in [-0.1, -0.05) is 27.7 Å². The lowest BCUT2D eigenvalue weighted by molar-refractivity contribution is 0.158. The van der Waals surface area contributed by atoms with Crippen LogP contribution in [0.4, 0.5) is 0 Å². The highest BCUT2D eigenvalue weighted by atomic mass is 15.1. The molecule has 0 spiro atoms. The molecule has 16 heavy (non-hydrogen) atoms. The average molecular weight is 226 g/mol. The van der Waals surface area contributed by atoms with Gasteiger partial charge in [0.15, 0.2) is 0 Å². The Bertz CT molecular complexity index is 162. The van der Waals surface area contributed by atoms with E-state index in [1.807, 2.05) is 0 Å². The van der Waals surface area contributed by atoms with Gasteiger partial charge < -0.3 is 10.2 Å². The van der Waals surface area contributed by atoms with Gasteiger partial charge in [-0.15, -0.1) is 0 Å². The second kappa shape index (κ2) is 7.29. The van der Waals surface area contributed by atoms with Crippen LogP contribution in [-0.4, -0.2) is 37.6 Å². The van der Waals surface area contributed by atoms with Crippen LogP contribution in [0.3, 0.4) is 0 Å². The molecule has 1 heterocycles. The highest BCUT2D eigenvalue weighted by Gasteiger charge is 2.20. The number of rotatable bonds is 4. The zero-order valence-electron chi connectivity index (χ0n) is 11.6. The van der Waals surface area contributed by atoms with Crippen molar-refractivity contribution >= 4 is 0 Å². The molecule has 0 bridgehead atoms. The number of nitrogens with one attached hydrogen (secondary N) is 1. The third-order valence-electron chi connectivity index (χ3n) is 3.84. The molecule has 0 unspecified atom stereocenters. The van der Waals surface area contributed by atoms with Crippen LogP contribution in [0.2, 0.25) is 0 Å². The van der Waals surface area contributed by atoms with Crippen LogP contribution in [0.5, 0.6) is 0 Å². The Labute approximate surface area is 102 Å². The Morgan fingerprint density at radius 3 is 1.88 bits per heavy atom. The van der Waals surface area contributed by atoms with Crippen LogP contribution in [0.25, 0.3) is 0 Å². The predicted octanol–water partition coefficient (Wildman–Crippen LogP) is 2.60. The maximum absolute atomic E-state index is 3.48. The summed E-state index contributed by atoms with van der Waals surface area (Å²) in [6.07, 6.45) is 2.62. The van der Waals surface area contributed by atoms with Crippen molar-refractivity contribution in [3.05, 3.63) is 0 Å². The molecule has 1 N–H and O–H groups in total. The molecule has 0 radical (unpaired) electrons. The second-order valence-electron chi connectivity index (χ2n) is 5.91. The molecule has 0 atom stereocenters. The number of hydrogen-bond donors (Lipinski definition) is 1. The first-order chi connectivity index (χ1) is 7.61. The van der Waals surface area contributed by atoms with Crippen LogP contribution in [0.15, 0.2) is 0 Å². The van der Waals surface area contributed by atoms with Crippen molar-refractivity contribution in [2.45, 2.75) is 40.5 Å². The Morgan fingerprint density at radius 1 is 0.938 bits per heavy atom. The van der Waals surface area contributed by atoms with E-state index in [0.29, 0.717) is 0 Å². The average Bonchev–Trinajstić information content (AvgIpc) is 2.14. The fourth-order valence-electron chi connectivity index (χ4n) is 2.76. The van der Waals surface area contributed by atoms with Crippen molar-refractivity contribution in [3.8, 4) is 0 Å². The van der Waals surface area contributed by atoms with Gasteiger partial charge >= 0.3 is 0 Å².